The number of hydrogen-bond acceptors (Lipinski definition) is 4. The molecule has 0 aromatic heterocycles. The van der Waals surface area contributed by atoms with Crippen LogP contribution in [0.15, 0.2) is 71.6 Å². The average molecular weight is 639 g/mol. The largest absolute Gasteiger partial charge is 0.350 e. The van der Waals surface area contributed by atoms with E-state index in [-0.39, 0.29) is 23.8 Å². The first-order valence-electron chi connectivity index (χ1n) is 13.0. The van der Waals surface area contributed by atoms with Crippen molar-refractivity contribution < 1.29 is 18.0 Å². The number of para-hydroxylation sites is 1. The molecule has 0 radical (unpaired) electrons. The highest BCUT2D eigenvalue weighted by Crippen LogP contribution is 2.29. The molecule has 0 aliphatic carbocycles. The summed E-state index contributed by atoms with van der Waals surface area (Å²) < 4.78 is 29.0. The summed E-state index contributed by atoms with van der Waals surface area (Å²) in [5, 5.41) is 4.07. The van der Waals surface area contributed by atoms with Crippen LogP contribution in [0.25, 0.3) is 0 Å². The molecule has 0 aliphatic heterocycles. The van der Waals surface area contributed by atoms with Crippen molar-refractivity contribution in [3.63, 3.8) is 0 Å². The summed E-state index contributed by atoms with van der Waals surface area (Å²) in [6, 6.07) is 16.6. The molecular weight excluding hydrogens is 605 g/mol. The standard InChI is InChI=1S/C30H34Cl3N3O4S/c1-6-26(29(38)34-30(3,4)5)35(18-21-11-12-23(32)17-25(21)33)28(37)19-36(27-10-8-7-9-20(27)2)41(39,40)24-15-13-22(31)14-16-24/h7-17,26H,6,18-19H2,1-5H3,(H,34,38). The summed E-state index contributed by atoms with van der Waals surface area (Å²) in [4.78, 5) is 28.9. The van der Waals surface area contributed by atoms with Crippen molar-refractivity contribution in [3.8, 4) is 0 Å². The molecule has 11 heteroatoms. The molecule has 0 spiro atoms. The molecule has 7 nitrogen and oxygen atoms in total. The normalized spacial score (nSPS) is 12.5. The Hall–Kier alpha value is -2.78. The van der Waals surface area contributed by atoms with Gasteiger partial charge >= 0.3 is 0 Å². The van der Waals surface area contributed by atoms with Gasteiger partial charge in [0.15, 0.2) is 0 Å². The van der Waals surface area contributed by atoms with E-state index in [9.17, 15) is 18.0 Å². The van der Waals surface area contributed by atoms with Gasteiger partial charge in [-0.05, 0) is 87.7 Å². The SMILES string of the molecule is CCC(C(=O)NC(C)(C)C)N(Cc1ccc(Cl)cc1Cl)C(=O)CN(c1ccccc1C)S(=O)(=O)c1ccc(Cl)cc1. The van der Waals surface area contributed by atoms with Crippen molar-refractivity contribution in [3.05, 3.63) is 92.9 Å². The number of hydrogen-bond donors (Lipinski definition) is 1. The predicted octanol–water partition coefficient (Wildman–Crippen LogP) is 6.87. The van der Waals surface area contributed by atoms with Crippen LogP contribution >= 0.6 is 34.8 Å². The topological polar surface area (TPSA) is 86.8 Å². The number of benzene rings is 3. The zero-order valence-corrected chi connectivity index (χ0v) is 26.7. The summed E-state index contributed by atoms with van der Waals surface area (Å²) in [6.07, 6.45) is 0.285. The smallest absolute Gasteiger partial charge is 0.264 e. The van der Waals surface area contributed by atoms with Crippen LogP contribution in [0.1, 0.15) is 45.2 Å². The highest BCUT2D eigenvalue weighted by atomic mass is 35.5. The van der Waals surface area contributed by atoms with Crippen molar-refractivity contribution in [2.24, 2.45) is 0 Å². The number of amides is 2. The minimum absolute atomic E-state index is 0.0252. The Kier molecular flexibility index (Phi) is 10.7. The maximum atomic E-state index is 14.2. The monoisotopic (exact) mass is 637 g/mol. The molecule has 0 saturated carbocycles. The van der Waals surface area contributed by atoms with E-state index in [0.717, 1.165) is 4.31 Å². The third-order valence-corrected chi connectivity index (χ3v) is 8.92. The van der Waals surface area contributed by atoms with E-state index >= 15 is 0 Å². The summed E-state index contributed by atoms with van der Waals surface area (Å²) >= 11 is 18.6. The van der Waals surface area contributed by atoms with Crippen LogP contribution in [0, 0.1) is 6.92 Å². The maximum Gasteiger partial charge on any atom is 0.264 e. The third kappa shape index (κ3) is 8.38. The second-order valence-corrected chi connectivity index (χ2v) is 13.8. The van der Waals surface area contributed by atoms with Crippen LogP contribution in [0.3, 0.4) is 0 Å². The number of aryl methyl sites for hydroxylation is 1. The van der Waals surface area contributed by atoms with Crippen LogP contribution in [-0.4, -0.2) is 43.3 Å². The van der Waals surface area contributed by atoms with Gasteiger partial charge in [0.05, 0.1) is 10.6 Å². The van der Waals surface area contributed by atoms with E-state index in [1.54, 1.807) is 56.3 Å². The van der Waals surface area contributed by atoms with E-state index in [4.69, 9.17) is 34.8 Å². The first kappa shape index (κ1) is 32.7. The number of nitrogens with one attached hydrogen (secondary N) is 1. The molecule has 3 aromatic rings. The number of rotatable bonds is 10. The minimum Gasteiger partial charge on any atom is -0.350 e. The molecule has 3 rings (SSSR count). The number of carbonyl (C=O) groups excluding carboxylic acids is 2. The summed E-state index contributed by atoms with van der Waals surface area (Å²) in [5.41, 5.74) is 1.01. The Bertz CT molecular complexity index is 1510. The first-order chi connectivity index (χ1) is 19.1. The molecular formula is C30H34Cl3N3O4S. The Morgan fingerprint density at radius 3 is 2.10 bits per heavy atom. The van der Waals surface area contributed by atoms with E-state index in [1.807, 2.05) is 20.8 Å². The van der Waals surface area contributed by atoms with Gasteiger partial charge in [-0.1, -0.05) is 66.0 Å². The zero-order chi connectivity index (χ0) is 30.5. The molecule has 2 amide bonds. The molecule has 0 bridgehead atoms. The van der Waals surface area contributed by atoms with Crippen molar-refractivity contribution in [1.29, 1.82) is 0 Å². The fraction of sp³-hybridized carbons (Fsp3) is 0.333. The van der Waals surface area contributed by atoms with Crippen LogP contribution in [-0.2, 0) is 26.2 Å². The lowest BCUT2D eigenvalue weighted by Crippen LogP contribution is -2.55. The Labute approximate surface area is 257 Å². The van der Waals surface area contributed by atoms with Crippen LogP contribution < -0.4 is 9.62 Å². The second-order valence-electron chi connectivity index (χ2n) is 10.7. The molecule has 41 heavy (non-hydrogen) atoms. The number of nitrogens with zero attached hydrogens (tertiary/aromatic N) is 2. The molecule has 1 N–H and O–H groups in total. The summed E-state index contributed by atoms with van der Waals surface area (Å²) in [7, 11) is -4.21. The van der Waals surface area contributed by atoms with Crippen molar-refractivity contribution in [2.75, 3.05) is 10.8 Å². The first-order valence-corrected chi connectivity index (χ1v) is 15.6. The molecule has 1 atom stereocenters. The Morgan fingerprint density at radius 2 is 1.54 bits per heavy atom. The van der Waals surface area contributed by atoms with Gasteiger partial charge in [-0.2, -0.15) is 0 Å². The van der Waals surface area contributed by atoms with Gasteiger partial charge in [0.2, 0.25) is 11.8 Å². The van der Waals surface area contributed by atoms with Gasteiger partial charge in [-0.25, -0.2) is 8.42 Å². The van der Waals surface area contributed by atoms with E-state index in [1.165, 1.54) is 29.2 Å². The van der Waals surface area contributed by atoms with Crippen LogP contribution in [0.5, 0.6) is 0 Å². The number of sulfonamides is 1. The van der Waals surface area contributed by atoms with Crippen molar-refractivity contribution in [1.82, 2.24) is 10.2 Å². The van der Waals surface area contributed by atoms with E-state index in [2.05, 4.69) is 5.32 Å². The Morgan fingerprint density at radius 1 is 0.927 bits per heavy atom. The summed E-state index contributed by atoms with van der Waals surface area (Å²) in [5.74, 6) is -0.936. The van der Waals surface area contributed by atoms with E-state index < -0.39 is 34.1 Å². The van der Waals surface area contributed by atoms with Crippen LogP contribution in [0.4, 0.5) is 5.69 Å². The molecule has 1 unspecified atom stereocenters. The summed E-state index contributed by atoms with van der Waals surface area (Å²) in [6.45, 7) is 8.50. The minimum atomic E-state index is -4.21. The van der Waals surface area contributed by atoms with Crippen molar-refractivity contribution >= 4 is 62.3 Å². The van der Waals surface area contributed by atoms with Gasteiger partial charge in [0.1, 0.15) is 12.6 Å². The van der Waals surface area contributed by atoms with Crippen LogP contribution in [0.2, 0.25) is 15.1 Å². The van der Waals surface area contributed by atoms with Gasteiger partial charge in [-0.15, -0.1) is 0 Å². The fourth-order valence-electron chi connectivity index (χ4n) is 4.30. The third-order valence-electron chi connectivity index (χ3n) is 6.30. The van der Waals surface area contributed by atoms with Gasteiger partial charge < -0.3 is 10.2 Å². The lowest BCUT2D eigenvalue weighted by molar-refractivity contribution is -0.141. The van der Waals surface area contributed by atoms with E-state index in [0.29, 0.717) is 31.9 Å². The lowest BCUT2D eigenvalue weighted by atomic mass is 10.1. The second kappa shape index (κ2) is 13.5. The van der Waals surface area contributed by atoms with Crippen molar-refractivity contribution in [2.45, 2.75) is 64.1 Å². The molecule has 0 aliphatic rings. The molecule has 0 saturated heterocycles. The van der Waals surface area contributed by atoms with Gasteiger partial charge in [0, 0.05) is 27.2 Å². The molecule has 0 heterocycles. The lowest BCUT2D eigenvalue weighted by Gasteiger charge is -2.35. The molecule has 220 valence electrons. The molecule has 3 aromatic carbocycles. The van der Waals surface area contributed by atoms with Gasteiger partial charge in [-0.3, -0.25) is 13.9 Å². The average Bonchev–Trinajstić information content (AvgIpc) is 2.88. The number of anilines is 1. The molecule has 0 fully saturated rings. The number of carbonyl (C=O) groups is 2. The zero-order valence-electron chi connectivity index (χ0n) is 23.6. The van der Waals surface area contributed by atoms with Gasteiger partial charge in [0.25, 0.3) is 10.0 Å². The highest BCUT2D eigenvalue weighted by Gasteiger charge is 2.35. The number of halogens is 3. The fourth-order valence-corrected chi connectivity index (χ4v) is 6.37. The predicted molar refractivity (Wildman–Crippen MR) is 166 cm³/mol. The quantitative estimate of drug-likeness (QED) is 0.263. The Balaban J connectivity index is 2.11. The highest BCUT2D eigenvalue weighted by molar-refractivity contribution is 7.92. The maximum absolute atomic E-state index is 14.2.